The van der Waals surface area contributed by atoms with E-state index in [0.29, 0.717) is 0 Å². The van der Waals surface area contributed by atoms with Crippen molar-refractivity contribution in [1.29, 1.82) is 0 Å². The van der Waals surface area contributed by atoms with Crippen LogP contribution in [0.2, 0.25) is 0 Å². The first-order valence-electron chi connectivity index (χ1n) is 4.51. The van der Waals surface area contributed by atoms with E-state index in [-0.39, 0.29) is 0 Å². The molecule has 0 saturated heterocycles. The van der Waals surface area contributed by atoms with Gasteiger partial charge in [0, 0.05) is 0 Å². The molecule has 7 heteroatoms. The molecular formula is C10H6F7. The first-order valence-corrected chi connectivity index (χ1v) is 4.51. The molecule has 1 atom stereocenters. The second-order valence-electron chi connectivity index (χ2n) is 3.25. The van der Waals surface area contributed by atoms with Crippen molar-refractivity contribution in [2.75, 3.05) is 0 Å². The van der Waals surface area contributed by atoms with Gasteiger partial charge in [-0.05, 0) is 6.42 Å². The molecular weight excluding hydrogens is 253 g/mol. The molecule has 0 saturated carbocycles. The third kappa shape index (κ3) is 2.23. The highest BCUT2D eigenvalue weighted by Gasteiger charge is 2.46. The van der Waals surface area contributed by atoms with Crippen LogP contribution in [0.25, 0.3) is 0 Å². The van der Waals surface area contributed by atoms with E-state index in [4.69, 9.17) is 0 Å². The summed E-state index contributed by atoms with van der Waals surface area (Å²) in [4.78, 5) is 0. The lowest BCUT2D eigenvalue weighted by atomic mass is 10.0. The van der Waals surface area contributed by atoms with Crippen LogP contribution < -0.4 is 0 Å². The van der Waals surface area contributed by atoms with Crippen molar-refractivity contribution in [2.24, 2.45) is 0 Å². The van der Waals surface area contributed by atoms with Crippen LogP contribution in [0, 0.1) is 29.3 Å². The van der Waals surface area contributed by atoms with Crippen molar-refractivity contribution in [1.82, 2.24) is 0 Å². The number of hydrogen-bond donors (Lipinski definition) is 0. The maximum Gasteiger partial charge on any atom is 0.309 e. The Hall–Kier alpha value is -1.27. The summed E-state index contributed by atoms with van der Waals surface area (Å²) in [6.07, 6.45) is -3.66. The molecule has 0 aliphatic heterocycles. The van der Waals surface area contributed by atoms with Gasteiger partial charge < -0.3 is 0 Å². The number of alkyl halides is 3. The predicted octanol–water partition coefficient (Wildman–Crippen LogP) is 3.88. The SMILES string of the molecule is CCC(F)C(F)(F)c1c(F)[c]c(F)c(F)c1F. The summed E-state index contributed by atoms with van der Waals surface area (Å²) in [5, 5.41) is 0. The molecule has 0 amide bonds. The first kappa shape index (κ1) is 13.8. The normalized spacial score (nSPS) is 13.9. The molecule has 0 nitrogen and oxygen atoms in total. The zero-order valence-electron chi connectivity index (χ0n) is 8.43. The zero-order valence-corrected chi connectivity index (χ0v) is 8.43. The standard InChI is InChI=1S/C10H6F7/c1-2-6(13)10(16,17)7-4(11)3-5(12)8(14)9(7)15/h6H,2H2,1H3. The Morgan fingerprint density at radius 2 is 1.59 bits per heavy atom. The minimum atomic E-state index is -4.59. The second-order valence-corrected chi connectivity index (χ2v) is 3.25. The van der Waals surface area contributed by atoms with Crippen LogP contribution in [0.5, 0.6) is 0 Å². The van der Waals surface area contributed by atoms with Crippen molar-refractivity contribution in [3.63, 3.8) is 0 Å². The highest BCUT2D eigenvalue weighted by Crippen LogP contribution is 2.39. The van der Waals surface area contributed by atoms with E-state index >= 15 is 0 Å². The van der Waals surface area contributed by atoms with Crippen LogP contribution in [0.1, 0.15) is 18.9 Å². The number of halogens is 7. The van der Waals surface area contributed by atoms with Crippen molar-refractivity contribution in [3.8, 4) is 0 Å². The average Bonchev–Trinajstić information content (AvgIpc) is 2.24. The molecule has 0 heterocycles. The van der Waals surface area contributed by atoms with Gasteiger partial charge in [-0.3, -0.25) is 0 Å². The molecule has 1 unspecified atom stereocenters. The summed E-state index contributed by atoms with van der Waals surface area (Å²) in [7, 11) is 0. The molecule has 1 aromatic rings. The summed E-state index contributed by atoms with van der Waals surface area (Å²) in [6.45, 7) is 1.01. The average molecular weight is 259 g/mol. The Bertz CT molecular complexity index is 427. The molecule has 0 aliphatic rings. The monoisotopic (exact) mass is 259 g/mol. The molecule has 95 valence electrons. The van der Waals surface area contributed by atoms with E-state index in [1.165, 1.54) is 0 Å². The van der Waals surface area contributed by atoms with Gasteiger partial charge in [-0.25, -0.2) is 22.0 Å². The van der Waals surface area contributed by atoms with Crippen LogP contribution in [0.3, 0.4) is 0 Å². The summed E-state index contributed by atoms with van der Waals surface area (Å²) in [6, 6.07) is 0.938. The van der Waals surface area contributed by atoms with Gasteiger partial charge in [-0.2, -0.15) is 8.78 Å². The van der Waals surface area contributed by atoms with Gasteiger partial charge in [0.15, 0.2) is 23.6 Å². The fourth-order valence-electron chi connectivity index (χ4n) is 1.22. The van der Waals surface area contributed by atoms with Crippen molar-refractivity contribution >= 4 is 0 Å². The van der Waals surface area contributed by atoms with Crippen molar-refractivity contribution < 1.29 is 30.7 Å². The van der Waals surface area contributed by atoms with Gasteiger partial charge in [0.2, 0.25) is 0 Å². The van der Waals surface area contributed by atoms with Crippen LogP contribution in [0.15, 0.2) is 0 Å². The van der Waals surface area contributed by atoms with Gasteiger partial charge in [0.25, 0.3) is 0 Å². The van der Waals surface area contributed by atoms with E-state index in [1.54, 1.807) is 0 Å². The molecule has 17 heavy (non-hydrogen) atoms. The highest BCUT2D eigenvalue weighted by atomic mass is 19.3. The largest absolute Gasteiger partial charge is 0.309 e. The van der Waals surface area contributed by atoms with E-state index in [9.17, 15) is 30.7 Å². The van der Waals surface area contributed by atoms with Crippen LogP contribution in [-0.4, -0.2) is 6.17 Å². The number of hydrogen-bond acceptors (Lipinski definition) is 0. The Labute approximate surface area is 92.0 Å². The first-order chi connectivity index (χ1) is 7.73. The van der Waals surface area contributed by atoms with Gasteiger partial charge in [0.05, 0.1) is 11.6 Å². The Morgan fingerprint density at radius 3 is 2.06 bits per heavy atom. The van der Waals surface area contributed by atoms with Crippen LogP contribution in [-0.2, 0) is 5.92 Å². The lowest BCUT2D eigenvalue weighted by molar-refractivity contribution is -0.0855. The molecule has 1 rings (SSSR count). The van der Waals surface area contributed by atoms with Crippen molar-refractivity contribution in [2.45, 2.75) is 25.4 Å². The Kier molecular flexibility index (Phi) is 3.68. The second kappa shape index (κ2) is 4.54. The third-order valence-corrected chi connectivity index (χ3v) is 2.13. The topological polar surface area (TPSA) is 0 Å². The Balaban J connectivity index is 3.46. The minimum absolute atomic E-state index is 0.745. The highest BCUT2D eigenvalue weighted by molar-refractivity contribution is 5.26. The maximum absolute atomic E-state index is 13.2. The smallest absolute Gasteiger partial charge is 0.240 e. The molecule has 1 aromatic carbocycles. The molecule has 0 aromatic heterocycles. The summed E-state index contributed by atoms with van der Waals surface area (Å²) >= 11 is 0. The number of benzene rings is 1. The van der Waals surface area contributed by atoms with Crippen molar-refractivity contribution in [3.05, 3.63) is 34.9 Å². The number of rotatable bonds is 3. The lowest BCUT2D eigenvalue weighted by Gasteiger charge is -2.21. The fourth-order valence-corrected chi connectivity index (χ4v) is 1.22. The van der Waals surface area contributed by atoms with E-state index in [2.05, 4.69) is 0 Å². The van der Waals surface area contributed by atoms with E-state index in [1.807, 2.05) is 0 Å². The van der Waals surface area contributed by atoms with Gasteiger partial charge in [-0.15, -0.1) is 0 Å². The van der Waals surface area contributed by atoms with Gasteiger partial charge in [0.1, 0.15) is 5.82 Å². The molecule has 0 aliphatic carbocycles. The quantitative estimate of drug-likeness (QED) is 0.439. The van der Waals surface area contributed by atoms with Crippen LogP contribution >= 0.6 is 0 Å². The van der Waals surface area contributed by atoms with Crippen LogP contribution in [0.4, 0.5) is 30.7 Å². The lowest BCUT2D eigenvalue weighted by Crippen LogP contribution is -2.30. The molecule has 0 fully saturated rings. The molecule has 0 N–H and O–H groups in total. The van der Waals surface area contributed by atoms with E-state index < -0.39 is 47.3 Å². The molecule has 1 radical (unpaired) electrons. The zero-order chi connectivity index (χ0) is 13.4. The molecule has 0 bridgehead atoms. The van der Waals surface area contributed by atoms with Gasteiger partial charge in [-0.1, -0.05) is 6.92 Å². The fraction of sp³-hybridized carbons (Fsp3) is 0.400. The summed E-state index contributed by atoms with van der Waals surface area (Å²) in [5.41, 5.74) is -2.15. The molecule has 0 spiro atoms. The third-order valence-electron chi connectivity index (χ3n) is 2.13. The summed E-state index contributed by atoms with van der Waals surface area (Å²) < 4.78 is 90.3. The Morgan fingerprint density at radius 1 is 1.06 bits per heavy atom. The summed E-state index contributed by atoms with van der Waals surface area (Å²) in [5.74, 6) is -13.6. The minimum Gasteiger partial charge on any atom is -0.240 e. The maximum atomic E-state index is 13.2. The van der Waals surface area contributed by atoms with Gasteiger partial charge >= 0.3 is 5.92 Å². The van der Waals surface area contributed by atoms with E-state index in [0.717, 1.165) is 13.0 Å². The predicted molar refractivity (Wildman–Crippen MR) is 44.2 cm³/mol.